The minimum Gasteiger partial charge on any atom is -0.402 e. The zero-order valence-electron chi connectivity index (χ0n) is 23.0. The van der Waals surface area contributed by atoms with Crippen molar-refractivity contribution in [2.75, 3.05) is 0 Å². The summed E-state index contributed by atoms with van der Waals surface area (Å²) < 4.78 is 83.7. The molecule has 3 aromatic rings. The molecule has 230 valence electrons. The van der Waals surface area contributed by atoms with E-state index in [0.29, 0.717) is 24.8 Å². The second-order valence-electron chi connectivity index (χ2n) is 9.19. The third kappa shape index (κ3) is 5.57. The smallest absolute Gasteiger partial charge is 0.402 e. The number of aromatic nitrogens is 4. The Bertz CT molecular complexity index is 2110. The van der Waals surface area contributed by atoms with E-state index < -0.39 is 35.4 Å². The van der Waals surface area contributed by atoms with E-state index in [-0.39, 0.29) is 67.3 Å². The SMILES string of the molecule is N#CC(C#N)=C1C(c2ncc(OC(F)(F)F)cn2)=C(C#N)c2cc3c(cc21)C(C#N)=C(c1ncc(OC(F)(F)F)cn1)C3=C(C#N)C#N. The van der Waals surface area contributed by atoms with Gasteiger partial charge >= 0.3 is 12.7 Å². The van der Waals surface area contributed by atoms with Gasteiger partial charge in [0.05, 0.1) is 35.9 Å². The maximum Gasteiger partial charge on any atom is 0.573 e. The van der Waals surface area contributed by atoms with Gasteiger partial charge in [0.1, 0.15) is 47.6 Å². The van der Waals surface area contributed by atoms with Gasteiger partial charge in [-0.2, -0.15) is 31.6 Å². The van der Waals surface area contributed by atoms with E-state index in [2.05, 4.69) is 29.4 Å². The van der Waals surface area contributed by atoms with Crippen LogP contribution in [0.25, 0.3) is 33.4 Å². The highest BCUT2D eigenvalue weighted by molar-refractivity contribution is 6.29. The first-order valence-electron chi connectivity index (χ1n) is 12.5. The highest BCUT2D eigenvalue weighted by Gasteiger charge is 2.39. The molecule has 0 atom stereocenters. The molecule has 0 saturated carbocycles. The molecule has 12 nitrogen and oxygen atoms in total. The normalized spacial score (nSPS) is 13.2. The number of nitriles is 6. The average Bonchev–Trinajstić information content (AvgIpc) is 3.52. The van der Waals surface area contributed by atoms with Crippen molar-refractivity contribution >= 4 is 33.4 Å². The summed E-state index contributed by atoms with van der Waals surface area (Å²) in [5.74, 6) is -2.38. The molecule has 2 heterocycles. The van der Waals surface area contributed by atoms with Crippen LogP contribution in [-0.2, 0) is 0 Å². The molecule has 0 N–H and O–H groups in total. The lowest BCUT2D eigenvalue weighted by atomic mass is 9.91. The Hall–Kier alpha value is -7.54. The van der Waals surface area contributed by atoms with Gasteiger partial charge in [-0.3, -0.25) is 0 Å². The zero-order chi connectivity index (χ0) is 35.0. The number of halogens is 6. The van der Waals surface area contributed by atoms with Crippen LogP contribution in [0.2, 0.25) is 0 Å². The molecule has 0 spiro atoms. The van der Waals surface area contributed by atoms with Crippen molar-refractivity contribution in [1.29, 1.82) is 31.6 Å². The molecular weight excluding hydrogens is 646 g/mol. The summed E-state index contributed by atoms with van der Waals surface area (Å²) in [5, 5.41) is 59.7. The summed E-state index contributed by atoms with van der Waals surface area (Å²) in [7, 11) is 0. The number of fused-ring (bicyclic) bond motifs is 2. The molecule has 48 heavy (non-hydrogen) atoms. The van der Waals surface area contributed by atoms with Crippen molar-refractivity contribution in [2.24, 2.45) is 0 Å². The summed E-state index contributed by atoms with van der Waals surface area (Å²) in [5.41, 5.74) is -2.64. The largest absolute Gasteiger partial charge is 0.573 e. The first-order valence-corrected chi connectivity index (χ1v) is 12.5. The van der Waals surface area contributed by atoms with Crippen LogP contribution >= 0.6 is 0 Å². The van der Waals surface area contributed by atoms with Gasteiger partial charge in [0.15, 0.2) is 23.1 Å². The molecule has 2 aliphatic rings. The molecule has 0 amide bonds. The molecular formula is C30H6F6N10O2. The molecule has 0 aliphatic heterocycles. The third-order valence-corrected chi connectivity index (χ3v) is 6.58. The van der Waals surface area contributed by atoms with E-state index in [1.807, 2.05) is 12.1 Å². The van der Waals surface area contributed by atoms with Crippen LogP contribution in [0.1, 0.15) is 33.9 Å². The van der Waals surface area contributed by atoms with Crippen LogP contribution in [0.5, 0.6) is 11.5 Å². The van der Waals surface area contributed by atoms with Gasteiger partial charge < -0.3 is 9.47 Å². The molecule has 0 radical (unpaired) electrons. The second kappa shape index (κ2) is 11.8. The van der Waals surface area contributed by atoms with E-state index in [9.17, 15) is 57.9 Å². The predicted molar refractivity (Wildman–Crippen MR) is 145 cm³/mol. The predicted octanol–water partition coefficient (Wildman–Crippen LogP) is 5.56. The maximum atomic E-state index is 12.7. The molecule has 0 bridgehead atoms. The first-order chi connectivity index (χ1) is 22.8. The Morgan fingerprint density at radius 1 is 0.521 bits per heavy atom. The lowest BCUT2D eigenvalue weighted by Crippen LogP contribution is -2.17. The van der Waals surface area contributed by atoms with Gasteiger partial charge in [0.25, 0.3) is 0 Å². The lowest BCUT2D eigenvalue weighted by molar-refractivity contribution is -0.275. The summed E-state index contributed by atoms with van der Waals surface area (Å²) in [6, 6.07) is 13.0. The summed E-state index contributed by atoms with van der Waals surface area (Å²) in [6.45, 7) is 0. The highest BCUT2D eigenvalue weighted by atomic mass is 19.4. The maximum absolute atomic E-state index is 12.7. The van der Waals surface area contributed by atoms with E-state index in [4.69, 9.17) is 0 Å². The van der Waals surface area contributed by atoms with Crippen molar-refractivity contribution in [3.8, 4) is 47.9 Å². The number of rotatable bonds is 4. The second-order valence-corrected chi connectivity index (χ2v) is 9.19. The fourth-order valence-corrected chi connectivity index (χ4v) is 4.95. The van der Waals surface area contributed by atoms with Crippen molar-refractivity contribution in [2.45, 2.75) is 12.7 Å². The molecule has 0 fully saturated rings. The van der Waals surface area contributed by atoms with E-state index in [1.54, 1.807) is 24.3 Å². The van der Waals surface area contributed by atoms with Crippen molar-refractivity contribution in [3.63, 3.8) is 0 Å². The molecule has 2 aromatic heterocycles. The quantitative estimate of drug-likeness (QED) is 0.250. The van der Waals surface area contributed by atoms with E-state index in [0.717, 1.165) is 0 Å². The van der Waals surface area contributed by atoms with E-state index in [1.165, 1.54) is 12.1 Å². The Labute approximate surface area is 263 Å². The van der Waals surface area contributed by atoms with Gasteiger partial charge in [0.2, 0.25) is 0 Å². The molecule has 1 aromatic carbocycles. The van der Waals surface area contributed by atoms with Crippen LogP contribution in [-0.4, -0.2) is 32.7 Å². The number of benzene rings is 1. The third-order valence-electron chi connectivity index (χ3n) is 6.58. The van der Waals surface area contributed by atoms with Crippen LogP contribution in [0, 0.1) is 68.0 Å². The Morgan fingerprint density at radius 2 is 0.833 bits per heavy atom. The van der Waals surface area contributed by atoms with Crippen LogP contribution in [0.4, 0.5) is 26.3 Å². The molecule has 5 rings (SSSR count). The van der Waals surface area contributed by atoms with Gasteiger partial charge in [-0.15, -0.1) is 26.3 Å². The lowest BCUT2D eigenvalue weighted by Gasteiger charge is -2.11. The standard InChI is InChI=1S/C30H6F6N10O2/c31-29(32,33)47-15-9-43-27(44-10-15)25-21(7-41)17-1-19-18(2-20(17)24(25)14(5-39)6-40)22(8-42)26(23(19)13(3-37)4-38)28-45-11-16(12-46-28)48-30(34,35)36/h1-2,9-12H. The van der Waals surface area contributed by atoms with Crippen LogP contribution in [0.15, 0.2) is 48.1 Å². The van der Waals surface area contributed by atoms with Gasteiger partial charge in [-0.05, 0) is 23.3 Å². The molecule has 0 unspecified atom stereocenters. The molecule has 2 aliphatic carbocycles. The number of nitrogens with zero attached hydrogens (tertiary/aromatic N) is 10. The Kier molecular flexibility index (Phi) is 7.81. The van der Waals surface area contributed by atoms with Crippen molar-refractivity contribution in [1.82, 2.24) is 19.9 Å². The Morgan fingerprint density at radius 3 is 1.08 bits per heavy atom. The first kappa shape index (κ1) is 31.9. The zero-order valence-corrected chi connectivity index (χ0v) is 23.0. The minimum absolute atomic E-state index is 0.00345. The number of hydrogen-bond acceptors (Lipinski definition) is 12. The highest BCUT2D eigenvalue weighted by Crippen LogP contribution is 2.53. The van der Waals surface area contributed by atoms with E-state index >= 15 is 0 Å². The monoisotopic (exact) mass is 652 g/mol. The molecule has 0 saturated heterocycles. The molecule has 18 heteroatoms. The van der Waals surface area contributed by atoms with Crippen LogP contribution < -0.4 is 9.47 Å². The van der Waals surface area contributed by atoms with Crippen LogP contribution in [0.3, 0.4) is 0 Å². The van der Waals surface area contributed by atoms with Crippen molar-refractivity contribution < 1.29 is 35.8 Å². The van der Waals surface area contributed by atoms with Gasteiger partial charge in [-0.25, -0.2) is 19.9 Å². The summed E-state index contributed by atoms with van der Waals surface area (Å²) in [6.07, 6.45) is -7.54. The fourth-order valence-electron chi connectivity index (χ4n) is 4.95. The number of hydrogen-bond donors (Lipinski definition) is 0. The average molecular weight is 652 g/mol. The topological polar surface area (TPSA) is 213 Å². The number of alkyl halides is 6. The Balaban J connectivity index is 1.78. The fraction of sp³-hybridized carbons (Fsp3) is 0.0667. The van der Waals surface area contributed by atoms with Gasteiger partial charge in [-0.1, -0.05) is 0 Å². The summed E-state index contributed by atoms with van der Waals surface area (Å²) in [4.78, 5) is 15.3. The number of ether oxygens (including phenoxy) is 2. The van der Waals surface area contributed by atoms with Crippen molar-refractivity contribution in [3.05, 3.63) is 82.0 Å². The van der Waals surface area contributed by atoms with Gasteiger partial charge in [0, 0.05) is 33.4 Å². The minimum atomic E-state index is -5.07. The summed E-state index contributed by atoms with van der Waals surface area (Å²) >= 11 is 0. The number of allylic oxidation sites excluding steroid dienone is 8.